The number of hydrogen-bond donors (Lipinski definition) is 2. The summed E-state index contributed by atoms with van der Waals surface area (Å²) in [5, 5.41) is 5.54. The quantitative estimate of drug-likeness (QED) is 0.747. The molecular weight excluding hydrogens is 260 g/mol. The summed E-state index contributed by atoms with van der Waals surface area (Å²) in [6.07, 6.45) is 0. The number of hydrogen-bond acceptors (Lipinski definition) is 4. The van der Waals surface area contributed by atoms with Crippen molar-refractivity contribution in [1.29, 1.82) is 0 Å². The van der Waals surface area contributed by atoms with Gasteiger partial charge in [-0.3, -0.25) is 0 Å². The van der Waals surface area contributed by atoms with Crippen LogP contribution in [0.5, 0.6) is 11.5 Å². The molecule has 0 aliphatic carbocycles. The van der Waals surface area contributed by atoms with E-state index in [0.29, 0.717) is 24.7 Å². The molecule has 0 spiro atoms. The Labute approximate surface area is 119 Å². The van der Waals surface area contributed by atoms with E-state index in [0.717, 1.165) is 5.56 Å². The van der Waals surface area contributed by atoms with Gasteiger partial charge in [-0.05, 0) is 25.1 Å². The second kappa shape index (κ2) is 8.27. The van der Waals surface area contributed by atoms with Gasteiger partial charge in [0.2, 0.25) is 0 Å². The van der Waals surface area contributed by atoms with E-state index in [2.05, 4.69) is 10.6 Å². The Morgan fingerprint density at radius 2 is 2.00 bits per heavy atom. The Kier molecular flexibility index (Phi) is 6.66. The van der Waals surface area contributed by atoms with Crippen LogP contribution in [0.1, 0.15) is 18.5 Å². The molecule has 1 atom stereocenters. The standard InChI is InChI=1S/C14H22N2O4/c1-10(16-14(17)15-7-8-18-2)12-9-11(19-3)5-6-13(12)20-4/h5-6,9-10H,7-8H2,1-4H3,(H2,15,16,17). The van der Waals surface area contributed by atoms with Gasteiger partial charge in [0.15, 0.2) is 0 Å². The van der Waals surface area contributed by atoms with Gasteiger partial charge in [0.1, 0.15) is 11.5 Å². The molecule has 6 nitrogen and oxygen atoms in total. The van der Waals surface area contributed by atoms with Crippen LogP contribution in [-0.4, -0.2) is 40.5 Å². The van der Waals surface area contributed by atoms with Crippen molar-refractivity contribution in [2.75, 3.05) is 34.5 Å². The van der Waals surface area contributed by atoms with Crippen LogP contribution < -0.4 is 20.1 Å². The van der Waals surface area contributed by atoms with Gasteiger partial charge in [-0.25, -0.2) is 4.79 Å². The second-order valence-electron chi connectivity index (χ2n) is 4.22. The Balaban J connectivity index is 2.70. The van der Waals surface area contributed by atoms with Crippen LogP contribution in [0.25, 0.3) is 0 Å². The van der Waals surface area contributed by atoms with Crippen molar-refractivity contribution in [3.63, 3.8) is 0 Å². The van der Waals surface area contributed by atoms with Gasteiger partial charge in [0.25, 0.3) is 0 Å². The highest BCUT2D eigenvalue weighted by atomic mass is 16.5. The lowest BCUT2D eigenvalue weighted by Crippen LogP contribution is -2.38. The first-order valence-electron chi connectivity index (χ1n) is 6.37. The topological polar surface area (TPSA) is 68.8 Å². The van der Waals surface area contributed by atoms with E-state index in [-0.39, 0.29) is 12.1 Å². The minimum Gasteiger partial charge on any atom is -0.497 e. The summed E-state index contributed by atoms with van der Waals surface area (Å²) < 4.78 is 15.4. The molecule has 2 N–H and O–H groups in total. The molecule has 0 saturated heterocycles. The van der Waals surface area contributed by atoms with Crippen LogP contribution >= 0.6 is 0 Å². The molecular formula is C14H22N2O4. The Morgan fingerprint density at radius 1 is 1.25 bits per heavy atom. The minimum absolute atomic E-state index is 0.206. The largest absolute Gasteiger partial charge is 0.497 e. The van der Waals surface area contributed by atoms with Crippen LogP contribution in [0.3, 0.4) is 0 Å². The molecule has 0 radical (unpaired) electrons. The number of nitrogens with one attached hydrogen (secondary N) is 2. The van der Waals surface area contributed by atoms with E-state index in [1.54, 1.807) is 21.3 Å². The highest BCUT2D eigenvalue weighted by molar-refractivity contribution is 5.74. The molecule has 1 aromatic rings. The Hall–Kier alpha value is -1.95. The zero-order valence-corrected chi connectivity index (χ0v) is 12.4. The van der Waals surface area contributed by atoms with Crippen molar-refractivity contribution in [2.24, 2.45) is 0 Å². The van der Waals surface area contributed by atoms with Crippen LogP contribution in [0.2, 0.25) is 0 Å². The molecule has 2 amide bonds. The number of methoxy groups -OCH3 is 3. The number of carbonyl (C=O) groups is 1. The van der Waals surface area contributed by atoms with E-state index in [9.17, 15) is 4.79 Å². The minimum atomic E-state index is -0.251. The summed E-state index contributed by atoms with van der Waals surface area (Å²) in [6, 6.07) is 5.02. The van der Waals surface area contributed by atoms with Crippen LogP contribution in [0, 0.1) is 0 Å². The predicted molar refractivity (Wildman–Crippen MR) is 76.4 cm³/mol. The summed E-state index contributed by atoms with van der Waals surface area (Å²) in [4.78, 5) is 11.7. The number of ether oxygens (including phenoxy) is 3. The summed E-state index contributed by atoms with van der Waals surface area (Å²) in [7, 11) is 4.78. The fourth-order valence-corrected chi connectivity index (χ4v) is 1.77. The molecule has 0 aliphatic rings. The zero-order chi connectivity index (χ0) is 15.0. The lowest BCUT2D eigenvalue weighted by Gasteiger charge is -2.18. The fraction of sp³-hybridized carbons (Fsp3) is 0.500. The number of amides is 2. The van der Waals surface area contributed by atoms with E-state index >= 15 is 0 Å². The molecule has 0 fully saturated rings. The first-order valence-corrected chi connectivity index (χ1v) is 6.37. The number of rotatable bonds is 7. The van der Waals surface area contributed by atoms with E-state index in [1.165, 1.54) is 0 Å². The number of benzene rings is 1. The zero-order valence-electron chi connectivity index (χ0n) is 12.4. The molecule has 0 aliphatic heterocycles. The van der Waals surface area contributed by atoms with Crippen molar-refractivity contribution in [2.45, 2.75) is 13.0 Å². The van der Waals surface area contributed by atoms with Gasteiger partial charge in [0, 0.05) is 19.2 Å². The third-order valence-electron chi connectivity index (χ3n) is 2.84. The van der Waals surface area contributed by atoms with Crippen LogP contribution in [0.4, 0.5) is 4.79 Å². The summed E-state index contributed by atoms with van der Waals surface area (Å²) >= 11 is 0. The highest BCUT2D eigenvalue weighted by Gasteiger charge is 2.14. The van der Waals surface area contributed by atoms with Crippen molar-refractivity contribution in [1.82, 2.24) is 10.6 Å². The maximum absolute atomic E-state index is 11.7. The van der Waals surface area contributed by atoms with Gasteiger partial charge in [0.05, 0.1) is 26.9 Å². The van der Waals surface area contributed by atoms with Crippen molar-refractivity contribution < 1.29 is 19.0 Å². The lowest BCUT2D eigenvalue weighted by molar-refractivity contribution is 0.195. The average Bonchev–Trinajstić information content (AvgIpc) is 2.46. The van der Waals surface area contributed by atoms with E-state index in [4.69, 9.17) is 14.2 Å². The van der Waals surface area contributed by atoms with Crippen molar-refractivity contribution >= 4 is 6.03 Å². The Bertz CT molecular complexity index is 437. The molecule has 0 bridgehead atoms. The molecule has 1 unspecified atom stereocenters. The third-order valence-corrected chi connectivity index (χ3v) is 2.84. The summed E-state index contributed by atoms with van der Waals surface area (Å²) in [6.45, 7) is 2.82. The molecule has 0 heterocycles. The summed E-state index contributed by atoms with van der Waals surface area (Å²) in [5.74, 6) is 1.42. The number of carbonyl (C=O) groups excluding carboxylic acids is 1. The molecule has 0 aromatic heterocycles. The monoisotopic (exact) mass is 282 g/mol. The van der Waals surface area contributed by atoms with Gasteiger partial charge in [-0.15, -0.1) is 0 Å². The Morgan fingerprint density at radius 3 is 2.60 bits per heavy atom. The third kappa shape index (κ3) is 4.62. The lowest BCUT2D eigenvalue weighted by atomic mass is 10.1. The predicted octanol–water partition coefficient (Wildman–Crippen LogP) is 1.71. The van der Waals surface area contributed by atoms with E-state index in [1.807, 2.05) is 25.1 Å². The van der Waals surface area contributed by atoms with Crippen LogP contribution in [-0.2, 0) is 4.74 Å². The van der Waals surface area contributed by atoms with Gasteiger partial charge in [-0.1, -0.05) is 0 Å². The van der Waals surface area contributed by atoms with Crippen molar-refractivity contribution in [3.05, 3.63) is 23.8 Å². The number of urea groups is 1. The molecule has 1 rings (SSSR count). The maximum atomic E-state index is 11.7. The molecule has 0 saturated carbocycles. The molecule has 20 heavy (non-hydrogen) atoms. The molecule has 6 heteroatoms. The normalized spacial score (nSPS) is 11.6. The SMILES string of the molecule is COCCNC(=O)NC(C)c1cc(OC)ccc1OC. The highest BCUT2D eigenvalue weighted by Crippen LogP contribution is 2.29. The van der Waals surface area contributed by atoms with Crippen LogP contribution in [0.15, 0.2) is 18.2 Å². The van der Waals surface area contributed by atoms with Gasteiger partial charge < -0.3 is 24.8 Å². The first kappa shape index (κ1) is 16.1. The van der Waals surface area contributed by atoms with Gasteiger partial charge in [-0.2, -0.15) is 0 Å². The molecule has 112 valence electrons. The smallest absolute Gasteiger partial charge is 0.315 e. The molecule has 1 aromatic carbocycles. The van der Waals surface area contributed by atoms with Crippen molar-refractivity contribution in [3.8, 4) is 11.5 Å². The van der Waals surface area contributed by atoms with Gasteiger partial charge >= 0.3 is 6.03 Å². The first-order chi connectivity index (χ1) is 9.62. The van der Waals surface area contributed by atoms with E-state index < -0.39 is 0 Å². The fourth-order valence-electron chi connectivity index (χ4n) is 1.77. The maximum Gasteiger partial charge on any atom is 0.315 e. The average molecular weight is 282 g/mol. The second-order valence-corrected chi connectivity index (χ2v) is 4.22. The summed E-state index contributed by atoms with van der Waals surface area (Å²) in [5.41, 5.74) is 0.855.